The molecular weight excluding hydrogens is 521 g/mol. The zero-order chi connectivity index (χ0) is 28.2. The van der Waals surface area contributed by atoms with E-state index in [2.05, 4.69) is 24.5 Å². The topological polar surface area (TPSA) is 90.9 Å². The molecule has 9 heteroatoms. The zero-order valence-electron chi connectivity index (χ0n) is 23.0. The van der Waals surface area contributed by atoms with Crippen LogP contribution in [0.5, 0.6) is 11.5 Å². The number of anilines is 1. The number of carbonyl (C=O) groups excluding carboxylic acids is 2. The van der Waals surface area contributed by atoms with Gasteiger partial charge in [-0.15, -0.1) is 0 Å². The van der Waals surface area contributed by atoms with Crippen LogP contribution < -0.4 is 15.4 Å². The van der Waals surface area contributed by atoms with E-state index in [4.69, 9.17) is 16.3 Å². The Morgan fingerprint density at radius 3 is 2.77 bits per heavy atom. The molecule has 0 saturated heterocycles. The SMILES string of the molecule is CCCC[C@@H](C)N(CCCCCc1ccc(O)c2c1OCC(=O)N2)C(=O)CCNCCc1ccc(F)c(Cl)c1. The summed E-state index contributed by atoms with van der Waals surface area (Å²) in [6.45, 7) is 6.24. The number of phenols is 1. The Kier molecular flexibility index (Phi) is 12.3. The first-order chi connectivity index (χ1) is 18.8. The van der Waals surface area contributed by atoms with E-state index in [0.717, 1.165) is 62.6 Å². The van der Waals surface area contributed by atoms with Crippen LogP contribution in [0, 0.1) is 5.82 Å². The molecule has 7 nitrogen and oxygen atoms in total. The number of hydrogen-bond donors (Lipinski definition) is 3. The molecule has 0 bridgehead atoms. The fourth-order valence-corrected chi connectivity index (χ4v) is 5.03. The van der Waals surface area contributed by atoms with Gasteiger partial charge in [0.15, 0.2) is 12.4 Å². The first-order valence-corrected chi connectivity index (χ1v) is 14.4. The van der Waals surface area contributed by atoms with E-state index in [0.29, 0.717) is 37.4 Å². The second-order valence-corrected chi connectivity index (χ2v) is 10.6. The third kappa shape index (κ3) is 9.39. The lowest BCUT2D eigenvalue weighted by atomic mass is 10.0. The molecular formula is C30H41ClFN3O4. The van der Waals surface area contributed by atoms with Gasteiger partial charge in [-0.2, -0.15) is 0 Å². The van der Waals surface area contributed by atoms with Crippen molar-refractivity contribution in [2.75, 3.05) is 31.6 Å². The molecule has 1 atom stereocenters. The number of hydrogen-bond acceptors (Lipinski definition) is 5. The fraction of sp³-hybridized carbons (Fsp3) is 0.533. The van der Waals surface area contributed by atoms with Gasteiger partial charge in [-0.3, -0.25) is 9.59 Å². The highest BCUT2D eigenvalue weighted by atomic mass is 35.5. The van der Waals surface area contributed by atoms with Crippen LogP contribution in [0.25, 0.3) is 0 Å². The summed E-state index contributed by atoms with van der Waals surface area (Å²) in [5.74, 6) is 0.0260. The summed E-state index contributed by atoms with van der Waals surface area (Å²) in [4.78, 5) is 26.8. The van der Waals surface area contributed by atoms with Gasteiger partial charge in [0.1, 0.15) is 17.3 Å². The number of rotatable bonds is 16. The molecule has 2 amide bonds. The number of aryl methyl sites for hydroxylation is 1. The number of halogens is 2. The van der Waals surface area contributed by atoms with Crippen molar-refractivity contribution in [1.82, 2.24) is 10.2 Å². The Labute approximate surface area is 236 Å². The van der Waals surface area contributed by atoms with Crippen molar-refractivity contribution >= 4 is 29.1 Å². The number of unbranched alkanes of at least 4 members (excludes halogenated alkanes) is 3. The van der Waals surface area contributed by atoms with Crippen LogP contribution in [0.3, 0.4) is 0 Å². The molecule has 39 heavy (non-hydrogen) atoms. The van der Waals surface area contributed by atoms with Crippen LogP contribution in [0.15, 0.2) is 30.3 Å². The summed E-state index contributed by atoms with van der Waals surface area (Å²) in [7, 11) is 0. The van der Waals surface area contributed by atoms with Gasteiger partial charge in [-0.25, -0.2) is 4.39 Å². The van der Waals surface area contributed by atoms with E-state index in [1.807, 2.05) is 11.0 Å². The highest BCUT2D eigenvalue weighted by molar-refractivity contribution is 6.30. The van der Waals surface area contributed by atoms with Crippen LogP contribution in [-0.4, -0.2) is 54.1 Å². The van der Waals surface area contributed by atoms with Crippen molar-refractivity contribution in [2.24, 2.45) is 0 Å². The molecule has 0 fully saturated rings. The van der Waals surface area contributed by atoms with Gasteiger partial charge in [-0.1, -0.05) is 49.9 Å². The predicted molar refractivity (Wildman–Crippen MR) is 153 cm³/mol. The quantitative estimate of drug-likeness (QED) is 0.176. The normalized spacial score (nSPS) is 13.4. The minimum absolute atomic E-state index is 0.00589. The maximum atomic E-state index is 13.3. The van der Waals surface area contributed by atoms with Gasteiger partial charge in [0.05, 0.1) is 5.02 Å². The van der Waals surface area contributed by atoms with Crippen molar-refractivity contribution in [1.29, 1.82) is 0 Å². The number of benzene rings is 2. The summed E-state index contributed by atoms with van der Waals surface area (Å²) >= 11 is 5.85. The average molecular weight is 562 g/mol. The van der Waals surface area contributed by atoms with E-state index in [9.17, 15) is 19.1 Å². The lowest BCUT2D eigenvalue weighted by Gasteiger charge is -2.30. The Balaban J connectivity index is 1.43. The first-order valence-electron chi connectivity index (χ1n) is 14.0. The van der Waals surface area contributed by atoms with Gasteiger partial charge in [0.2, 0.25) is 5.91 Å². The molecule has 0 radical (unpaired) electrons. The molecule has 214 valence electrons. The fourth-order valence-electron chi connectivity index (χ4n) is 4.82. The van der Waals surface area contributed by atoms with Crippen molar-refractivity contribution in [3.8, 4) is 11.5 Å². The lowest BCUT2D eigenvalue weighted by Crippen LogP contribution is -2.40. The highest BCUT2D eigenvalue weighted by Gasteiger charge is 2.23. The van der Waals surface area contributed by atoms with E-state index in [1.54, 1.807) is 18.2 Å². The molecule has 2 aromatic carbocycles. The van der Waals surface area contributed by atoms with Gasteiger partial charge >= 0.3 is 0 Å². The van der Waals surface area contributed by atoms with Gasteiger partial charge in [-0.05, 0) is 74.9 Å². The Hall–Kier alpha value is -2.84. The van der Waals surface area contributed by atoms with Crippen molar-refractivity contribution < 1.29 is 23.8 Å². The minimum atomic E-state index is -0.417. The third-order valence-electron chi connectivity index (χ3n) is 7.09. The molecule has 0 spiro atoms. The monoisotopic (exact) mass is 561 g/mol. The number of nitrogens with zero attached hydrogens (tertiary/aromatic N) is 1. The van der Waals surface area contributed by atoms with Crippen molar-refractivity contribution in [2.45, 2.75) is 77.7 Å². The predicted octanol–water partition coefficient (Wildman–Crippen LogP) is 5.86. The maximum absolute atomic E-state index is 13.3. The number of fused-ring (bicyclic) bond motifs is 1. The number of nitrogens with one attached hydrogen (secondary N) is 2. The second-order valence-electron chi connectivity index (χ2n) is 10.2. The number of phenolic OH excluding ortho intramolecular Hbond substituents is 1. The van der Waals surface area contributed by atoms with Gasteiger partial charge < -0.3 is 25.4 Å². The standard InChI is InChI=1S/C30H41ClFN3O4/c1-3-4-8-21(2)35(28(38)15-17-33-16-14-22-10-12-25(32)24(31)19-22)18-7-5-6-9-23-11-13-26(36)29-30(23)39-20-27(37)34-29/h10-13,19,21,33,36H,3-9,14-18,20H2,1-2H3,(H,34,37)/t21-/m1/s1. The Morgan fingerprint density at radius 1 is 1.18 bits per heavy atom. The minimum Gasteiger partial charge on any atom is -0.506 e. The Bertz CT molecular complexity index is 1110. The molecule has 3 N–H and O–H groups in total. The van der Waals surface area contributed by atoms with E-state index < -0.39 is 5.82 Å². The summed E-state index contributed by atoms with van der Waals surface area (Å²) in [6, 6.07) is 8.37. The van der Waals surface area contributed by atoms with E-state index >= 15 is 0 Å². The summed E-state index contributed by atoms with van der Waals surface area (Å²) < 4.78 is 18.9. The van der Waals surface area contributed by atoms with E-state index in [-0.39, 0.29) is 35.2 Å². The summed E-state index contributed by atoms with van der Waals surface area (Å²) in [6.07, 6.45) is 7.85. The molecule has 0 saturated carbocycles. The van der Waals surface area contributed by atoms with Gasteiger partial charge in [0.25, 0.3) is 5.91 Å². The molecule has 0 aromatic heterocycles. The smallest absolute Gasteiger partial charge is 0.262 e. The molecule has 1 heterocycles. The summed E-state index contributed by atoms with van der Waals surface area (Å²) in [5, 5.41) is 16.2. The van der Waals surface area contributed by atoms with Crippen LogP contribution in [-0.2, 0) is 22.4 Å². The summed E-state index contributed by atoms with van der Waals surface area (Å²) in [5.41, 5.74) is 2.26. The van der Waals surface area contributed by atoms with Gasteiger partial charge in [0, 0.05) is 25.6 Å². The number of carbonyl (C=O) groups is 2. The van der Waals surface area contributed by atoms with Crippen molar-refractivity contribution in [3.05, 3.63) is 52.3 Å². The molecule has 1 aliphatic heterocycles. The first kappa shape index (κ1) is 30.7. The van der Waals surface area contributed by atoms with Crippen LogP contribution >= 0.6 is 11.6 Å². The average Bonchev–Trinajstić information content (AvgIpc) is 2.92. The molecule has 0 unspecified atom stereocenters. The highest BCUT2D eigenvalue weighted by Crippen LogP contribution is 2.39. The number of ether oxygens (including phenoxy) is 1. The van der Waals surface area contributed by atoms with Crippen LogP contribution in [0.4, 0.5) is 10.1 Å². The molecule has 2 aromatic rings. The Morgan fingerprint density at radius 2 is 2.00 bits per heavy atom. The van der Waals surface area contributed by atoms with Crippen LogP contribution in [0.2, 0.25) is 5.02 Å². The van der Waals surface area contributed by atoms with E-state index in [1.165, 1.54) is 6.07 Å². The number of amides is 2. The maximum Gasteiger partial charge on any atom is 0.262 e. The molecule has 1 aliphatic rings. The lowest BCUT2D eigenvalue weighted by molar-refractivity contribution is -0.133. The van der Waals surface area contributed by atoms with Crippen molar-refractivity contribution in [3.63, 3.8) is 0 Å². The molecule has 3 rings (SSSR count). The largest absolute Gasteiger partial charge is 0.506 e. The van der Waals surface area contributed by atoms with Crippen LogP contribution in [0.1, 0.15) is 69.9 Å². The second kappa shape index (κ2) is 15.7. The third-order valence-corrected chi connectivity index (χ3v) is 7.38. The number of aromatic hydroxyl groups is 1. The zero-order valence-corrected chi connectivity index (χ0v) is 23.8. The molecule has 0 aliphatic carbocycles.